The smallest absolute Gasteiger partial charge is 0.144 e. The summed E-state index contributed by atoms with van der Waals surface area (Å²) in [5, 5.41) is 2.70. The number of nitrogens with two attached hydrogens (primary N) is 2. The predicted octanol–water partition coefficient (Wildman–Crippen LogP) is 5.24. The number of hydrogen-bond donors (Lipinski definition) is 2. The van der Waals surface area contributed by atoms with Crippen molar-refractivity contribution in [3.8, 4) is 0 Å². The molecule has 1 atom stereocenters. The van der Waals surface area contributed by atoms with E-state index in [-0.39, 0.29) is 11.9 Å². The Hall–Kier alpha value is -3.20. The van der Waals surface area contributed by atoms with E-state index in [4.69, 9.17) is 37.9 Å². The molecule has 5 rings (SSSR count). The molecule has 3 aromatic heterocycles. The molecule has 36 heavy (non-hydrogen) atoms. The maximum absolute atomic E-state index is 15.3. The molecule has 1 unspecified atom stereocenters. The van der Waals surface area contributed by atoms with Crippen LogP contribution in [-0.2, 0) is 4.74 Å². The Labute approximate surface area is 214 Å². The molecule has 0 radical (unpaired) electrons. The standard InChI is InChI=1S/C27H30ClFN6O/c1-16(30)26(34(2)31)18-14-23-25(32-15-18)20-7-8-24(28)33-27(20)35(23)22(13-17-9-11-36-12-10-17)19-5-3-4-6-21(19)29/h3-8,14-15,17,22H,9-13,30-31H2,1-2H3/b26-16-. The number of aromatic nitrogens is 3. The number of hydrazine groups is 1. The van der Waals surface area contributed by atoms with Gasteiger partial charge >= 0.3 is 0 Å². The third kappa shape index (κ3) is 4.52. The van der Waals surface area contributed by atoms with Crippen LogP contribution in [0.25, 0.3) is 27.8 Å². The zero-order valence-electron chi connectivity index (χ0n) is 20.4. The first-order valence-corrected chi connectivity index (χ1v) is 12.5. The highest BCUT2D eigenvalue weighted by Crippen LogP contribution is 2.39. The normalized spacial score (nSPS) is 16.4. The van der Waals surface area contributed by atoms with E-state index < -0.39 is 0 Å². The van der Waals surface area contributed by atoms with Crippen molar-refractivity contribution in [1.82, 2.24) is 19.5 Å². The summed E-state index contributed by atoms with van der Waals surface area (Å²) in [6, 6.07) is 12.3. The molecular weight excluding hydrogens is 479 g/mol. The van der Waals surface area contributed by atoms with E-state index >= 15 is 4.39 Å². The molecule has 1 aliphatic heterocycles. The van der Waals surface area contributed by atoms with Crippen molar-refractivity contribution in [2.75, 3.05) is 20.3 Å². The maximum atomic E-state index is 15.3. The molecule has 0 bridgehead atoms. The molecule has 4 heterocycles. The maximum Gasteiger partial charge on any atom is 0.144 e. The Kier molecular flexibility index (Phi) is 6.83. The second-order valence-corrected chi connectivity index (χ2v) is 9.83. The van der Waals surface area contributed by atoms with Crippen LogP contribution in [0.15, 0.2) is 54.4 Å². The van der Waals surface area contributed by atoms with Crippen LogP contribution in [-0.4, -0.2) is 39.8 Å². The van der Waals surface area contributed by atoms with Gasteiger partial charge in [-0.1, -0.05) is 29.8 Å². The number of halogens is 2. The Morgan fingerprint density at radius 2 is 2.00 bits per heavy atom. The van der Waals surface area contributed by atoms with Crippen LogP contribution >= 0.6 is 11.6 Å². The molecular formula is C27H30ClFN6O. The fourth-order valence-electron chi connectivity index (χ4n) is 5.32. The molecule has 188 valence electrons. The van der Waals surface area contributed by atoms with Gasteiger partial charge in [0.15, 0.2) is 0 Å². The summed E-state index contributed by atoms with van der Waals surface area (Å²) >= 11 is 6.37. The van der Waals surface area contributed by atoms with Gasteiger partial charge in [0.1, 0.15) is 16.6 Å². The largest absolute Gasteiger partial charge is 0.401 e. The zero-order chi connectivity index (χ0) is 25.4. The first kappa shape index (κ1) is 24.5. The highest BCUT2D eigenvalue weighted by molar-refractivity contribution is 6.30. The van der Waals surface area contributed by atoms with E-state index in [1.54, 1.807) is 32.3 Å². The number of fused-ring (bicyclic) bond motifs is 3. The Balaban J connectivity index is 1.80. The van der Waals surface area contributed by atoms with E-state index in [0.29, 0.717) is 46.9 Å². The number of allylic oxidation sites excluding steroid dienone is 1. The summed E-state index contributed by atoms with van der Waals surface area (Å²) < 4.78 is 23.0. The van der Waals surface area contributed by atoms with Crippen molar-refractivity contribution in [3.63, 3.8) is 0 Å². The van der Waals surface area contributed by atoms with Gasteiger partial charge in [-0.3, -0.25) is 4.98 Å². The lowest BCUT2D eigenvalue weighted by Crippen LogP contribution is -2.26. The van der Waals surface area contributed by atoms with Gasteiger partial charge in [-0.2, -0.15) is 0 Å². The van der Waals surface area contributed by atoms with Crippen LogP contribution in [0.3, 0.4) is 0 Å². The van der Waals surface area contributed by atoms with Crippen molar-refractivity contribution < 1.29 is 9.13 Å². The molecule has 0 aliphatic carbocycles. The molecule has 7 nitrogen and oxygen atoms in total. The molecule has 1 fully saturated rings. The third-order valence-corrected chi connectivity index (χ3v) is 7.14. The van der Waals surface area contributed by atoms with Gasteiger partial charge in [0.2, 0.25) is 0 Å². The summed E-state index contributed by atoms with van der Waals surface area (Å²) in [4.78, 5) is 9.50. The Morgan fingerprint density at radius 3 is 2.69 bits per heavy atom. The van der Waals surface area contributed by atoms with Gasteiger partial charge in [0.25, 0.3) is 0 Å². The Morgan fingerprint density at radius 1 is 1.25 bits per heavy atom. The molecule has 1 aliphatic rings. The minimum absolute atomic E-state index is 0.254. The quantitative estimate of drug-likeness (QED) is 0.210. The van der Waals surface area contributed by atoms with Gasteiger partial charge in [0.05, 0.1) is 22.8 Å². The van der Waals surface area contributed by atoms with Crippen LogP contribution in [0.5, 0.6) is 0 Å². The minimum atomic E-state index is -0.320. The van der Waals surface area contributed by atoms with Gasteiger partial charge in [-0.05, 0) is 56.4 Å². The average Bonchev–Trinajstić information content (AvgIpc) is 3.16. The monoisotopic (exact) mass is 508 g/mol. The molecule has 9 heteroatoms. The van der Waals surface area contributed by atoms with Crippen LogP contribution in [0.1, 0.15) is 43.4 Å². The van der Waals surface area contributed by atoms with Gasteiger partial charge in [0, 0.05) is 48.7 Å². The summed E-state index contributed by atoms with van der Waals surface area (Å²) in [5.41, 5.74) is 11.0. The first-order chi connectivity index (χ1) is 17.3. The van der Waals surface area contributed by atoms with E-state index in [2.05, 4.69) is 4.57 Å². The number of pyridine rings is 2. The van der Waals surface area contributed by atoms with Crippen molar-refractivity contribution in [3.05, 3.63) is 76.5 Å². The van der Waals surface area contributed by atoms with E-state index in [1.807, 2.05) is 24.3 Å². The van der Waals surface area contributed by atoms with Crippen LogP contribution < -0.4 is 11.6 Å². The fourth-order valence-corrected chi connectivity index (χ4v) is 5.46. The predicted molar refractivity (Wildman–Crippen MR) is 141 cm³/mol. The molecule has 0 saturated carbocycles. The number of ether oxygens (including phenoxy) is 1. The minimum Gasteiger partial charge on any atom is -0.401 e. The summed E-state index contributed by atoms with van der Waals surface area (Å²) in [6.45, 7) is 3.22. The number of benzene rings is 1. The average molecular weight is 509 g/mol. The van der Waals surface area contributed by atoms with Crippen molar-refractivity contribution in [1.29, 1.82) is 0 Å². The zero-order valence-corrected chi connectivity index (χ0v) is 21.2. The van der Waals surface area contributed by atoms with Crippen LogP contribution in [0, 0.1) is 11.7 Å². The number of hydrogen-bond acceptors (Lipinski definition) is 6. The highest BCUT2D eigenvalue weighted by atomic mass is 35.5. The van der Waals surface area contributed by atoms with Gasteiger partial charge in [-0.25, -0.2) is 15.2 Å². The van der Waals surface area contributed by atoms with Crippen LogP contribution in [0.4, 0.5) is 4.39 Å². The SMILES string of the molecule is C/C(N)=C(\c1cnc2c3ccc(Cl)nc3n(C(CC3CCOCC3)c3ccccc3F)c2c1)N(C)N. The second kappa shape index (κ2) is 10.0. The van der Waals surface area contributed by atoms with Crippen molar-refractivity contribution >= 4 is 39.4 Å². The number of rotatable bonds is 6. The number of nitrogens with zero attached hydrogens (tertiary/aromatic N) is 4. The third-order valence-electron chi connectivity index (χ3n) is 6.92. The van der Waals surface area contributed by atoms with E-state index in [1.165, 1.54) is 11.1 Å². The lowest BCUT2D eigenvalue weighted by atomic mass is 9.89. The van der Waals surface area contributed by atoms with E-state index in [0.717, 1.165) is 41.2 Å². The summed E-state index contributed by atoms with van der Waals surface area (Å²) in [6.07, 6.45) is 4.34. The molecule has 4 N–H and O–H groups in total. The molecule has 0 amide bonds. The summed E-state index contributed by atoms with van der Waals surface area (Å²) in [5.74, 6) is 6.23. The topological polar surface area (TPSA) is 95.2 Å². The highest BCUT2D eigenvalue weighted by Gasteiger charge is 2.28. The fraction of sp³-hybridized carbons (Fsp3) is 0.333. The van der Waals surface area contributed by atoms with Crippen molar-refractivity contribution in [2.45, 2.75) is 32.2 Å². The van der Waals surface area contributed by atoms with Gasteiger partial charge < -0.3 is 20.0 Å². The molecule has 1 saturated heterocycles. The lowest BCUT2D eigenvalue weighted by molar-refractivity contribution is 0.0608. The van der Waals surface area contributed by atoms with E-state index in [9.17, 15) is 0 Å². The van der Waals surface area contributed by atoms with Crippen LogP contribution in [0.2, 0.25) is 5.15 Å². The molecule has 1 aromatic carbocycles. The van der Waals surface area contributed by atoms with Crippen molar-refractivity contribution in [2.24, 2.45) is 17.5 Å². The second-order valence-electron chi connectivity index (χ2n) is 9.44. The lowest BCUT2D eigenvalue weighted by Gasteiger charge is -2.29. The summed E-state index contributed by atoms with van der Waals surface area (Å²) in [7, 11) is 1.74. The molecule has 4 aromatic rings. The van der Waals surface area contributed by atoms with Gasteiger partial charge in [-0.15, -0.1) is 0 Å². The molecule has 0 spiro atoms. The Bertz CT molecular complexity index is 1440. The first-order valence-electron chi connectivity index (χ1n) is 12.1.